The number of aromatic nitrogens is 1. The molecule has 0 saturated carbocycles. The van der Waals surface area contributed by atoms with E-state index in [1.807, 2.05) is 18.3 Å². The summed E-state index contributed by atoms with van der Waals surface area (Å²) in [7, 11) is 0. The zero-order valence-corrected chi connectivity index (χ0v) is 5.50. The summed E-state index contributed by atoms with van der Waals surface area (Å²) in [6.07, 6.45) is 5.73. The van der Waals surface area contributed by atoms with E-state index >= 15 is 0 Å². The minimum atomic E-state index is 0.755. The van der Waals surface area contributed by atoms with Crippen molar-refractivity contribution in [3.8, 4) is 0 Å². The fourth-order valence-corrected chi connectivity index (χ4v) is 0.551. The first-order valence-corrected chi connectivity index (χ1v) is 3.12. The molecule has 0 aromatic carbocycles. The van der Waals surface area contributed by atoms with Crippen LogP contribution < -0.4 is 4.84 Å². The maximum absolute atomic E-state index is 5.16. The Labute approximate surface area is 55.0 Å². The van der Waals surface area contributed by atoms with Gasteiger partial charge in [0.05, 0.1) is 0 Å². The van der Waals surface area contributed by atoms with Crippen molar-refractivity contribution in [3.05, 3.63) is 24.5 Å². The second-order valence-corrected chi connectivity index (χ2v) is 1.80. The lowest BCUT2D eigenvalue weighted by Crippen LogP contribution is -2.09. The number of rotatable bonds is 3. The first kappa shape index (κ1) is 6.20. The van der Waals surface area contributed by atoms with E-state index in [9.17, 15) is 0 Å². The fourth-order valence-electron chi connectivity index (χ4n) is 0.551. The molecule has 1 rings (SSSR count). The molecule has 0 aliphatic heterocycles. The van der Waals surface area contributed by atoms with E-state index in [4.69, 9.17) is 4.84 Å². The summed E-state index contributed by atoms with van der Waals surface area (Å²) in [4.78, 5) is 5.16. The summed E-state index contributed by atoms with van der Waals surface area (Å²) in [6, 6.07) is 3.70. The highest BCUT2D eigenvalue weighted by molar-refractivity contribution is 4.85. The molecule has 49 valence electrons. The first-order chi connectivity index (χ1) is 4.43. The third kappa shape index (κ3) is 1.80. The predicted octanol–water partition coefficient (Wildman–Crippen LogP) is 1.13. The Hall–Kier alpha value is -0.920. The van der Waals surface area contributed by atoms with Crippen LogP contribution in [0.15, 0.2) is 18.3 Å². The molecule has 0 aliphatic rings. The Morgan fingerprint density at radius 2 is 2.56 bits per heavy atom. The van der Waals surface area contributed by atoms with Crippen molar-refractivity contribution in [3.63, 3.8) is 0 Å². The van der Waals surface area contributed by atoms with Gasteiger partial charge < -0.3 is 4.84 Å². The maximum Gasteiger partial charge on any atom is 0.114 e. The minimum Gasteiger partial charge on any atom is -0.414 e. The fraction of sp³-hybridized carbons (Fsp3) is 0.429. The molecule has 0 spiro atoms. The van der Waals surface area contributed by atoms with Crippen LogP contribution >= 0.6 is 0 Å². The Balaban J connectivity index is 2.30. The van der Waals surface area contributed by atoms with Gasteiger partial charge in [0.15, 0.2) is 0 Å². The van der Waals surface area contributed by atoms with Crippen molar-refractivity contribution < 1.29 is 4.84 Å². The Morgan fingerprint density at radius 3 is 3.11 bits per heavy atom. The largest absolute Gasteiger partial charge is 0.414 e. The zero-order chi connectivity index (χ0) is 6.53. The lowest BCUT2D eigenvalue weighted by atomic mass is 10.5. The molecule has 0 N–H and O–H groups in total. The van der Waals surface area contributed by atoms with E-state index in [2.05, 4.69) is 13.1 Å². The van der Waals surface area contributed by atoms with Gasteiger partial charge in [0.25, 0.3) is 0 Å². The highest BCUT2D eigenvalue weighted by atomic mass is 16.7. The summed E-state index contributed by atoms with van der Waals surface area (Å²) in [5.74, 6) is 0. The van der Waals surface area contributed by atoms with Crippen molar-refractivity contribution >= 4 is 0 Å². The molecule has 1 aromatic rings. The first-order valence-electron chi connectivity index (χ1n) is 3.12. The average molecular weight is 124 g/mol. The van der Waals surface area contributed by atoms with E-state index in [0.29, 0.717) is 0 Å². The lowest BCUT2D eigenvalue weighted by Gasteiger charge is -2.01. The van der Waals surface area contributed by atoms with E-state index in [1.54, 1.807) is 4.73 Å². The standard InChI is InChI=1S/C7H10NO/c1-2-7-9-8-5-3-4-6-8/h3-5H,2,7H2,1H3. The van der Waals surface area contributed by atoms with Crippen molar-refractivity contribution in [2.24, 2.45) is 0 Å². The summed E-state index contributed by atoms with van der Waals surface area (Å²) in [5, 5.41) is 0. The second kappa shape index (κ2) is 3.17. The van der Waals surface area contributed by atoms with Crippen LogP contribution in [0.4, 0.5) is 0 Å². The Bertz CT molecular complexity index is 146. The third-order valence-corrected chi connectivity index (χ3v) is 0.954. The monoisotopic (exact) mass is 124 g/mol. The molecule has 2 nitrogen and oxygen atoms in total. The van der Waals surface area contributed by atoms with Gasteiger partial charge in [0.1, 0.15) is 12.8 Å². The highest BCUT2D eigenvalue weighted by Crippen LogP contribution is 1.84. The topological polar surface area (TPSA) is 14.2 Å². The molecule has 0 bridgehead atoms. The van der Waals surface area contributed by atoms with Gasteiger partial charge in [-0.05, 0) is 18.6 Å². The third-order valence-electron chi connectivity index (χ3n) is 0.954. The molecule has 1 radical (unpaired) electrons. The van der Waals surface area contributed by atoms with Crippen LogP contribution in [0.1, 0.15) is 13.3 Å². The van der Waals surface area contributed by atoms with Crippen molar-refractivity contribution in [1.82, 2.24) is 4.73 Å². The van der Waals surface area contributed by atoms with Crippen molar-refractivity contribution in [2.45, 2.75) is 13.3 Å². The molecular formula is C7H10NO. The second-order valence-electron chi connectivity index (χ2n) is 1.80. The van der Waals surface area contributed by atoms with Crippen LogP contribution in [0.2, 0.25) is 0 Å². The summed E-state index contributed by atoms with van der Waals surface area (Å²) in [6.45, 7) is 2.83. The smallest absolute Gasteiger partial charge is 0.114 e. The molecule has 9 heavy (non-hydrogen) atoms. The lowest BCUT2D eigenvalue weighted by molar-refractivity contribution is 0.110. The van der Waals surface area contributed by atoms with Crippen molar-refractivity contribution in [2.75, 3.05) is 6.61 Å². The van der Waals surface area contributed by atoms with E-state index in [-0.39, 0.29) is 0 Å². The molecule has 0 atom stereocenters. The van der Waals surface area contributed by atoms with E-state index in [0.717, 1.165) is 13.0 Å². The van der Waals surface area contributed by atoms with Gasteiger partial charge in [-0.3, -0.25) is 0 Å². The van der Waals surface area contributed by atoms with Crippen LogP contribution in [0.3, 0.4) is 0 Å². The Morgan fingerprint density at radius 1 is 1.67 bits per heavy atom. The van der Waals surface area contributed by atoms with Gasteiger partial charge in [0, 0.05) is 6.20 Å². The number of hydrogen-bond donors (Lipinski definition) is 0. The summed E-state index contributed by atoms with van der Waals surface area (Å²) >= 11 is 0. The van der Waals surface area contributed by atoms with Gasteiger partial charge >= 0.3 is 0 Å². The molecule has 0 unspecified atom stereocenters. The highest BCUT2D eigenvalue weighted by Gasteiger charge is 1.84. The van der Waals surface area contributed by atoms with E-state index in [1.165, 1.54) is 0 Å². The molecule has 0 fully saturated rings. The quantitative estimate of drug-likeness (QED) is 0.589. The normalized spacial score (nSPS) is 9.44. The van der Waals surface area contributed by atoms with Crippen LogP contribution in [0, 0.1) is 6.20 Å². The van der Waals surface area contributed by atoms with Gasteiger partial charge in [-0.2, -0.15) is 4.73 Å². The molecule has 0 saturated heterocycles. The van der Waals surface area contributed by atoms with Gasteiger partial charge in [-0.15, -0.1) is 0 Å². The van der Waals surface area contributed by atoms with Gasteiger partial charge in [-0.1, -0.05) is 6.92 Å². The molecule has 0 amide bonds. The maximum atomic E-state index is 5.16. The van der Waals surface area contributed by atoms with Crippen LogP contribution in [-0.2, 0) is 0 Å². The average Bonchev–Trinajstić information content (AvgIpc) is 2.34. The SMILES string of the molecule is CCCOn1[c]ccc1. The van der Waals surface area contributed by atoms with Crippen LogP contribution in [0.5, 0.6) is 0 Å². The van der Waals surface area contributed by atoms with Crippen molar-refractivity contribution in [1.29, 1.82) is 0 Å². The minimum absolute atomic E-state index is 0.755. The van der Waals surface area contributed by atoms with Gasteiger partial charge in [-0.25, -0.2) is 0 Å². The van der Waals surface area contributed by atoms with Gasteiger partial charge in [0.2, 0.25) is 0 Å². The predicted molar refractivity (Wildman–Crippen MR) is 35.0 cm³/mol. The number of hydrogen-bond acceptors (Lipinski definition) is 1. The zero-order valence-electron chi connectivity index (χ0n) is 5.50. The molecule has 1 heterocycles. The Kier molecular flexibility index (Phi) is 2.19. The molecule has 2 heteroatoms. The number of nitrogens with zero attached hydrogens (tertiary/aromatic N) is 1. The molecule has 0 aliphatic carbocycles. The summed E-state index contributed by atoms with van der Waals surface area (Å²) in [5.41, 5.74) is 0. The molecule has 1 aromatic heterocycles. The molecular weight excluding hydrogens is 114 g/mol. The van der Waals surface area contributed by atoms with Crippen LogP contribution in [-0.4, -0.2) is 11.3 Å². The van der Waals surface area contributed by atoms with Crippen LogP contribution in [0.25, 0.3) is 0 Å². The summed E-state index contributed by atoms with van der Waals surface area (Å²) < 4.78 is 1.59. The van der Waals surface area contributed by atoms with E-state index < -0.39 is 0 Å².